The Morgan fingerprint density at radius 3 is 1.96 bits per heavy atom. The lowest BCUT2D eigenvalue weighted by Gasteiger charge is -2.09. The van der Waals surface area contributed by atoms with Crippen LogP contribution < -0.4 is 4.74 Å². The Labute approximate surface area is 143 Å². The third-order valence-corrected chi connectivity index (χ3v) is 2.52. The number of aromatic hydroxyl groups is 1. The van der Waals surface area contributed by atoms with Crippen LogP contribution in [0.2, 0.25) is 0 Å². The van der Waals surface area contributed by atoms with Gasteiger partial charge in [0.2, 0.25) is 0 Å². The minimum absolute atomic E-state index is 0.134. The van der Waals surface area contributed by atoms with Crippen molar-refractivity contribution < 1.29 is 24.2 Å². The van der Waals surface area contributed by atoms with Gasteiger partial charge in [-0.1, -0.05) is 13.2 Å². The Kier molecular flexibility index (Phi) is 9.82. The number of carbonyl (C=O) groups is 2. The van der Waals surface area contributed by atoms with E-state index in [0.29, 0.717) is 23.5 Å². The van der Waals surface area contributed by atoms with E-state index >= 15 is 0 Å². The van der Waals surface area contributed by atoms with E-state index in [2.05, 4.69) is 13.2 Å². The lowest BCUT2D eigenvalue weighted by atomic mass is 10.3. The van der Waals surface area contributed by atoms with Gasteiger partial charge in [0, 0.05) is 17.7 Å². The zero-order chi connectivity index (χ0) is 18.7. The third kappa shape index (κ3) is 10.2. The van der Waals surface area contributed by atoms with Crippen molar-refractivity contribution in [3.05, 3.63) is 48.6 Å². The van der Waals surface area contributed by atoms with E-state index in [1.165, 1.54) is 24.3 Å². The monoisotopic (exact) mass is 335 g/mol. The molecule has 132 valence electrons. The number of carbonyl (C=O) groups excluding carboxylic acids is 2. The number of benzene rings is 1. The van der Waals surface area contributed by atoms with E-state index in [-0.39, 0.29) is 11.7 Å². The highest BCUT2D eigenvalue weighted by Crippen LogP contribution is 2.16. The number of likely N-dealkylation sites (N-methyl/N-ethyl adjacent to an activating group) is 1. The number of hydrogen-bond acceptors (Lipinski definition) is 6. The second-order valence-corrected chi connectivity index (χ2v) is 5.38. The number of nitrogens with zero attached hydrogens (tertiary/aromatic N) is 1. The number of ether oxygens (including phenoxy) is 2. The Bertz CT molecular complexity index is 576. The lowest BCUT2D eigenvalue weighted by Crippen LogP contribution is -2.20. The fraction of sp³-hybridized carbons (Fsp3) is 0.333. The Morgan fingerprint density at radius 1 is 1.04 bits per heavy atom. The van der Waals surface area contributed by atoms with Crippen LogP contribution in [0.3, 0.4) is 0 Å². The molecule has 0 amide bonds. The molecule has 0 aliphatic heterocycles. The van der Waals surface area contributed by atoms with Crippen molar-refractivity contribution in [2.45, 2.75) is 13.8 Å². The zero-order valence-electron chi connectivity index (χ0n) is 14.7. The van der Waals surface area contributed by atoms with E-state index in [1.807, 2.05) is 19.0 Å². The summed E-state index contributed by atoms with van der Waals surface area (Å²) in [5.74, 6) is -0.251. The minimum Gasteiger partial charge on any atom is -0.508 e. The van der Waals surface area contributed by atoms with Crippen molar-refractivity contribution in [3.8, 4) is 11.5 Å². The molecule has 0 radical (unpaired) electrons. The van der Waals surface area contributed by atoms with Crippen molar-refractivity contribution in [2.24, 2.45) is 0 Å². The molecule has 1 aromatic rings. The summed E-state index contributed by atoms with van der Waals surface area (Å²) in [5, 5.41) is 8.94. The van der Waals surface area contributed by atoms with Gasteiger partial charge in [-0.3, -0.25) is 0 Å². The van der Waals surface area contributed by atoms with Gasteiger partial charge in [0.15, 0.2) is 0 Å². The van der Waals surface area contributed by atoms with E-state index in [0.717, 1.165) is 6.54 Å². The van der Waals surface area contributed by atoms with Crippen LogP contribution in [0, 0.1) is 0 Å². The standard InChI is InChI=1S/C10H10O3.C8H15NO2/c1-7(2)10(12)13-9-5-3-8(11)4-6-9;1-7(2)8(10)11-6-5-9(3)4/h3-6,11H,1H2,2H3;1,5-6H2,2-4H3. The maximum absolute atomic E-state index is 11.0. The maximum atomic E-state index is 11.0. The van der Waals surface area contributed by atoms with Crippen LogP contribution in [0.15, 0.2) is 48.6 Å². The highest BCUT2D eigenvalue weighted by molar-refractivity contribution is 5.88. The van der Waals surface area contributed by atoms with Crippen LogP contribution in [-0.4, -0.2) is 49.2 Å². The van der Waals surface area contributed by atoms with Gasteiger partial charge < -0.3 is 19.5 Å². The number of phenolic OH excluding ortho intramolecular Hbond substituents is 1. The molecule has 1 N–H and O–H groups in total. The molecule has 0 fully saturated rings. The third-order valence-electron chi connectivity index (χ3n) is 2.52. The zero-order valence-corrected chi connectivity index (χ0v) is 14.7. The Morgan fingerprint density at radius 2 is 1.54 bits per heavy atom. The van der Waals surface area contributed by atoms with Crippen molar-refractivity contribution in [1.82, 2.24) is 4.90 Å². The highest BCUT2D eigenvalue weighted by Gasteiger charge is 2.04. The average Bonchev–Trinajstić information content (AvgIpc) is 2.49. The molecule has 0 unspecified atom stereocenters. The van der Waals surface area contributed by atoms with Crippen molar-refractivity contribution >= 4 is 11.9 Å². The molecule has 0 heterocycles. The average molecular weight is 335 g/mol. The maximum Gasteiger partial charge on any atom is 0.338 e. The topological polar surface area (TPSA) is 76.1 Å². The second-order valence-electron chi connectivity index (χ2n) is 5.38. The SMILES string of the molecule is C=C(C)C(=O)OCCN(C)C.C=C(C)C(=O)Oc1ccc(O)cc1. The van der Waals surface area contributed by atoms with Crippen LogP contribution in [0.4, 0.5) is 0 Å². The molecule has 24 heavy (non-hydrogen) atoms. The Balaban J connectivity index is 0.000000449. The molecule has 0 aliphatic rings. The fourth-order valence-electron chi connectivity index (χ4n) is 1.15. The van der Waals surface area contributed by atoms with E-state index in [9.17, 15) is 9.59 Å². The highest BCUT2D eigenvalue weighted by atomic mass is 16.5. The summed E-state index contributed by atoms with van der Waals surface area (Å²) in [7, 11) is 3.85. The van der Waals surface area contributed by atoms with Crippen LogP contribution in [-0.2, 0) is 14.3 Å². The summed E-state index contributed by atoms with van der Waals surface area (Å²) in [5.41, 5.74) is 0.789. The predicted molar refractivity (Wildman–Crippen MR) is 92.9 cm³/mol. The fourth-order valence-corrected chi connectivity index (χ4v) is 1.15. The van der Waals surface area contributed by atoms with Gasteiger partial charge >= 0.3 is 11.9 Å². The summed E-state index contributed by atoms with van der Waals surface area (Å²) in [4.78, 5) is 23.7. The molecule has 1 aromatic carbocycles. The summed E-state index contributed by atoms with van der Waals surface area (Å²) in [6.07, 6.45) is 0. The second kappa shape index (κ2) is 11.0. The molecule has 0 aliphatic carbocycles. The molecule has 0 spiro atoms. The Hall–Kier alpha value is -2.60. The lowest BCUT2D eigenvalue weighted by molar-refractivity contribution is -0.139. The summed E-state index contributed by atoms with van der Waals surface area (Å²) in [6.45, 7) is 11.3. The first kappa shape index (κ1) is 21.4. The molecule has 0 atom stereocenters. The molecule has 6 nitrogen and oxygen atoms in total. The van der Waals surface area contributed by atoms with Crippen molar-refractivity contribution in [2.75, 3.05) is 27.2 Å². The normalized spacial score (nSPS) is 9.54. The van der Waals surface area contributed by atoms with Gasteiger partial charge in [0.25, 0.3) is 0 Å². The smallest absolute Gasteiger partial charge is 0.338 e. The van der Waals surface area contributed by atoms with Gasteiger partial charge in [-0.15, -0.1) is 0 Å². The first-order valence-electron chi connectivity index (χ1n) is 7.27. The first-order chi connectivity index (χ1) is 11.1. The van der Waals surface area contributed by atoms with Crippen molar-refractivity contribution in [3.63, 3.8) is 0 Å². The number of rotatable bonds is 6. The molecule has 1 rings (SSSR count). The molecule has 0 saturated heterocycles. The minimum atomic E-state index is -0.467. The van der Waals surface area contributed by atoms with Gasteiger partial charge in [-0.05, 0) is 52.2 Å². The summed E-state index contributed by atoms with van der Waals surface area (Å²) < 4.78 is 9.72. The number of esters is 2. The molecule has 0 saturated carbocycles. The van der Waals surface area contributed by atoms with Gasteiger partial charge in [-0.2, -0.15) is 0 Å². The van der Waals surface area contributed by atoms with Gasteiger partial charge in [-0.25, -0.2) is 9.59 Å². The molecular weight excluding hydrogens is 310 g/mol. The van der Waals surface area contributed by atoms with Crippen LogP contribution in [0.25, 0.3) is 0 Å². The molecule has 0 bridgehead atoms. The summed E-state index contributed by atoms with van der Waals surface area (Å²) >= 11 is 0. The van der Waals surface area contributed by atoms with Crippen LogP contribution in [0.5, 0.6) is 11.5 Å². The largest absolute Gasteiger partial charge is 0.508 e. The van der Waals surface area contributed by atoms with Crippen LogP contribution >= 0.6 is 0 Å². The van der Waals surface area contributed by atoms with E-state index in [1.54, 1.807) is 13.8 Å². The van der Waals surface area contributed by atoms with Gasteiger partial charge in [0.05, 0.1) is 0 Å². The first-order valence-corrected chi connectivity index (χ1v) is 7.27. The van der Waals surface area contributed by atoms with E-state index < -0.39 is 5.97 Å². The molecular formula is C18H25NO5. The molecule has 0 aromatic heterocycles. The van der Waals surface area contributed by atoms with Crippen molar-refractivity contribution in [1.29, 1.82) is 0 Å². The molecule has 6 heteroatoms. The summed E-state index contributed by atoms with van der Waals surface area (Å²) in [6, 6.07) is 5.91. The van der Waals surface area contributed by atoms with E-state index in [4.69, 9.17) is 14.6 Å². The number of hydrogen-bond donors (Lipinski definition) is 1. The quantitative estimate of drug-likeness (QED) is 0.489. The van der Waals surface area contributed by atoms with Crippen LogP contribution in [0.1, 0.15) is 13.8 Å². The van der Waals surface area contributed by atoms with Gasteiger partial charge in [0.1, 0.15) is 18.1 Å². The predicted octanol–water partition coefficient (Wildman–Crippen LogP) is 2.54. The number of phenols is 1.